The van der Waals surface area contributed by atoms with E-state index in [1.54, 1.807) is 17.8 Å². The molecular formula is C12H13NOS. The number of carbonyl (C=O) groups excluding carboxylic acids is 1. The summed E-state index contributed by atoms with van der Waals surface area (Å²) in [6.07, 6.45) is 5.70. The third-order valence-electron chi connectivity index (χ3n) is 2.92. The zero-order valence-electron chi connectivity index (χ0n) is 8.91. The number of hydrogen-bond acceptors (Lipinski definition) is 3. The zero-order valence-corrected chi connectivity index (χ0v) is 9.73. The quantitative estimate of drug-likeness (QED) is 0.444. The number of hydrogen-bond donors (Lipinski definition) is 0. The van der Waals surface area contributed by atoms with Crippen molar-refractivity contribution in [2.45, 2.75) is 30.2 Å². The molecule has 0 aromatic heterocycles. The molecule has 78 valence electrons. The van der Waals surface area contributed by atoms with Gasteiger partial charge >= 0.3 is 0 Å². The van der Waals surface area contributed by atoms with Gasteiger partial charge in [-0.25, -0.2) is 4.79 Å². The van der Waals surface area contributed by atoms with E-state index in [0.717, 1.165) is 12.8 Å². The summed E-state index contributed by atoms with van der Waals surface area (Å²) in [5.74, 6) is 0. The highest BCUT2D eigenvalue weighted by molar-refractivity contribution is 7.98. The van der Waals surface area contributed by atoms with E-state index < -0.39 is 0 Å². The van der Waals surface area contributed by atoms with Gasteiger partial charge in [0.2, 0.25) is 6.08 Å². The van der Waals surface area contributed by atoms with Gasteiger partial charge in [0.15, 0.2) is 0 Å². The lowest BCUT2D eigenvalue weighted by Crippen LogP contribution is -2.04. The molecule has 0 bridgehead atoms. The van der Waals surface area contributed by atoms with Gasteiger partial charge in [0.25, 0.3) is 0 Å². The van der Waals surface area contributed by atoms with E-state index in [0.29, 0.717) is 0 Å². The first kappa shape index (κ1) is 10.5. The van der Waals surface area contributed by atoms with Gasteiger partial charge in [-0.1, -0.05) is 6.07 Å². The minimum absolute atomic E-state index is 0.233. The van der Waals surface area contributed by atoms with Crippen LogP contribution in [-0.2, 0) is 10.3 Å². The van der Waals surface area contributed by atoms with Crippen molar-refractivity contribution < 1.29 is 4.79 Å². The predicted molar refractivity (Wildman–Crippen MR) is 62.0 cm³/mol. The Morgan fingerprint density at radius 1 is 1.47 bits per heavy atom. The third-order valence-corrected chi connectivity index (χ3v) is 3.64. The standard InChI is InChI=1S/C12H13NOS/c1-9-7-10(15-2)3-4-11(9)12(5-6-12)13-8-14/h3-4,7H,5-6H2,1-2H3. The molecule has 2 rings (SSSR count). The van der Waals surface area contributed by atoms with E-state index in [-0.39, 0.29) is 5.54 Å². The smallest absolute Gasteiger partial charge is 0.211 e. The van der Waals surface area contributed by atoms with Gasteiger partial charge in [-0.2, -0.15) is 4.99 Å². The second kappa shape index (κ2) is 3.84. The minimum atomic E-state index is -0.233. The summed E-state index contributed by atoms with van der Waals surface area (Å²) in [5, 5.41) is 0. The first-order valence-electron chi connectivity index (χ1n) is 4.96. The van der Waals surface area contributed by atoms with Crippen LogP contribution in [0.25, 0.3) is 0 Å². The van der Waals surface area contributed by atoms with Gasteiger partial charge in [-0.3, -0.25) is 0 Å². The molecule has 0 aliphatic heterocycles. The van der Waals surface area contributed by atoms with Crippen molar-refractivity contribution in [2.24, 2.45) is 4.99 Å². The Bertz CT molecular complexity index is 431. The number of isocyanates is 1. The topological polar surface area (TPSA) is 29.4 Å². The lowest BCUT2D eigenvalue weighted by Gasteiger charge is -2.12. The number of rotatable bonds is 3. The Kier molecular flexibility index (Phi) is 2.68. The molecule has 0 N–H and O–H groups in total. The van der Waals surface area contributed by atoms with Gasteiger partial charge in [0, 0.05) is 4.90 Å². The normalized spacial score (nSPS) is 16.9. The predicted octanol–water partition coefficient (Wildman–Crippen LogP) is 3.04. The average molecular weight is 219 g/mol. The largest absolute Gasteiger partial charge is 0.235 e. The summed E-state index contributed by atoms with van der Waals surface area (Å²) in [4.78, 5) is 15.6. The fourth-order valence-electron chi connectivity index (χ4n) is 1.93. The number of nitrogens with zero attached hydrogens (tertiary/aromatic N) is 1. The Balaban J connectivity index is 2.41. The van der Waals surface area contributed by atoms with Gasteiger partial charge in [0.05, 0.1) is 5.54 Å². The highest BCUT2D eigenvalue weighted by Crippen LogP contribution is 2.50. The molecule has 1 saturated carbocycles. The van der Waals surface area contributed by atoms with Gasteiger partial charge < -0.3 is 0 Å². The highest BCUT2D eigenvalue weighted by Gasteiger charge is 2.45. The average Bonchev–Trinajstić information content (AvgIpc) is 2.99. The van der Waals surface area contributed by atoms with E-state index in [1.165, 1.54) is 16.0 Å². The van der Waals surface area contributed by atoms with E-state index in [4.69, 9.17) is 0 Å². The second-order valence-electron chi connectivity index (χ2n) is 3.92. The zero-order chi connectivity index (χ0) is 10.9. The van der Waals surface area contributed by atoms with E-state index in [2.05, 4.69) is 36.4 Å². The van der Waals surface area contributed by atoms with Crippen LogP contribution in [0.1, 0.15) is 24.0 Å². The molecule has 1 fully saturated rings. The molecule has 3 heteroatoms. The summed E-state index contributed by atoms with van der Waals surface area (Å²) in [6, 6.07) is 6.34. The molecule has 1 aromatic rings. The lowest BCUT2D eigenvalue weighted by molar-refractivity contribution is 0.556. The number of aryl methyl sites for hydroxylation is 1. The van der Waals surface area contributed by atoms with Crippen molar-refractivity contribution in [3.05, 3.63) is 29.3 Å². The van der Waals surface area contributed by atoms with Crippen LogP contribution in [0, 0.1) is 6.92 Å². The minimum Gasteiger partial charge on any atom is -0.211 e. The molecule has 0 atom stereocenters. The van der Waals surface area contributed by atoms with Crippen LogP contribution in [0.4, 0.5) is 0 Å². The summed E-state index contributed by atoms with van der Waals surface area (Å²) < 4.78 is 0. The molecule has 0 spiro atoms. The van der Waals surface area contributed by atoms with Gasteiger partial charge in [0.1, 0.15) is 0 Å². The summed E-state index contributed by atoms with van der Waals surface area (Å²) in [5.41, 5.74) is 2.17. The maximum Gasteiger partial charge on any atom is 0.235 e. The molecule has 2 nitrogen and oxygen atoms in total. The maximum atomic E-state index is 10.4. The van der Waals surface area contributed by atoms with Crippen molar-refractivity contribution in [2.75, 3.05) is 6.26 Å². The number of benzene rings is 1. The van der Waals surface area contributed by atoms with Crippen LogP contribution < -0.4 is 0 Å². The SMILES string of the molecule is CSc1ccc(C2(N=C=O)CC2)c(C)c1. The molecule has 1 aliphatic rings. The van der Waals surface area contributed by atoms with Crippen LogP contribution in [0.3, 0.4) is 0 Å². The van der Waals surface area contributed by atoms with Crippen LogP contribution in [0.2, 0.25) is 0 Å². The molecular weight excluding hydrogens is 206 g/mol. The van der Waals surface area contributed by atoms with Gasteiger partial charge in [-0.15, -0.1) is 11.8 Å². The molecule has 0 saturated heterocycles. The van der Waals surface area contributed by atoms with E-state index in [9.17, 15) is 4.79 Å². The Morgan fingerprint density at radius 2 is 2.20 bits per heavy atom. The van der Waals surface area contributed by atoms with Crippen molar-refractivity contribution in [1.29, 1.82) is 0 Å². The number of thioether (sulfide) groups is 1. The summed E-state index contributed by atoms with van der Waals surface area (Å²) in [7, 11) is 0. The van der Waals surface area contributed by atoms with Crippen LogP contribution in [-0.4, -0.2) is 12.3 Å². The maximum absolute atomic E-state index is 10.4. The Hall–Kier alpha value is -1.05. The van der Waals surface area contributed by atoms with E-state index in [1.807, 2.05) is 0 Å². The van der Waals surface area contributed by atoms with Crippen molar-refractivity contribution in [3.63, 3.8) is 0 Å². The first-order chi connectivity index (χ1) is 7.22. The molecule has 1 aromatic carbocycles. The van der Waals surface area contributed by atoms with Crippen molar-refractivity contribution in [3.8, 4) is 0 Å². The molecule has 0 heterocycles. The van der Waals surface area contributed by atoms with Gasteiger partial charge in [-0.05, 0) is 49.3 Å². The van der Waals surface area contributed by atoms with Crippen molar-refractivity contribution >= 4 is 17.8 Å². The molecule has 15 heavy (non-hydrogen) atoms. The first-order valence-corrected chi connectivity index (χ1v) is 6.18. The van der Waals surface area contributed by atoms with E-state index >= 15 is 0 Å². The molecule has 0 radical (unpaired) electrons. The summed E-state index contributed by atoms with van der Waals surface area (Å²) in [6.45, 7) is 2.08. The Labute approximate surface area is 93.8 Å². The van der Waals surface area contributed by atoms with Crippen LogP contribution >= 0.6 is 11.8 Å². The fraction of sp³-hybridized carbons (Fsp3) is 0.417. The molecule has 1 aliphatic carbocycles. The highest BCUT2D eigenvalue weighted by atomic mass is 32.2. The fourth-order valence-corrected chi connectivity index (χ4v) is 2.43. The van der Waals surface area contributed by atoms with Crippen molar-refractivity contribution in [1.82, 2.24) is 0 Å². The second-order valence-corrected chi connectivity index (χ2v) is 4.80. The van der Waals surface area contributed by atoms with Crippen LogP contribution in [0.5, 0.6) is 0 Å². The lowest BCUT2D eigenvalue weighted by atomic mass is 10.00. The summed E-state index contributed by atoms with van der Waals surface area (Å²) >= 11 is 1.73. The number of aliphatic imine (C=N–C) groups is 1. The van der Waals surface area contributed by atoms with Crippen LogP contribution in [0.15, 0.2) is 28.1 Å². The molecule has 0 amide bonds. The monoisotopic (exact) mass is 219 g/mol. The third kappa shape index (κ3) is 1.85. The Morgan fingerprint density at radius 3 is 2.67 bits per heavy atom. The molecule has 0 unspecified atom stereocenters.